The largest absolute Gasteiger partial charge is 0.480 e. The lowest BCUT2D eigenvalue weighted by Gasteiger charge is -2.23. The Labute approximate surface area is 188 Å². The Morgan fingerprint density at radius 3 is 1.84 bits per heavy atom. The van der Waals surface area contributed by atoms with E-state index < -0.39 is 72.7 Å². The number of carboxylic acid groups (broad SMARTS) is 1. The quantitative estimate of drug-likeness (QED) is 0.106. The summed E-state index contributed by atoms with van der Waals surface area (Å²) in [6.45, 7) is -0.839. The number of rotatable bonds is 16. The molecule has 182 valence electrons. The third kappa shape index (κ3) is 11.5. The van der Waals surface area contributed by atoms with E-state index in [2.05, 4.69) is 16.0 Å². The third-order valence-electron chi connectivity index (χ3n) is 4.12. The second-order valence-corrected chi connectivity index (χ2v) is 7.75. The van der Waals surface area contributed by atoms with Crippen LogP contribution in [0.2, 0.25) is 0 Å². The van der Waals surface area contributed by atoms with Gasteiger partial charge < -0.3 is 43.4 Å². The molecule has 15 heteroatoms. The normalized spacial score (nSPS) is 14.3. The average molecular weight is 479 g/mol. The summed E-state index contributed by atoms with van der Waals surface area (Å²) in [4.78, 5) is 70.4. The van der Waals surface area contributed by atoms with Crippen molar-refractivity contribution in [1.29, 1.82) is 0 Å². The zero-order valence-electron chi connectivity index (χ0n) is 17.5. The fourth-order valence-corrected chi connectivity index (χ4v) is 2.84. The van der Waals surface area contributed by atoms with E-state index in [4.69, 9.17) is 17.2 Å². The van der Waals surface area contributed by atoms with Gasteiger partial charge >= 0.3 is 5.97 Å². The number of amides is 5. The number of hydrogen-bond donors (Lipinski definition) is 8. The highest BCUT2D eigenvalue weighted by Crippen LogP contribution is 2.02. The molecule has 0 rings (SSSR count). The summed E-state index contributed by atoms with van der Waals surface area (Å²) in [7, 11) is 0. The van der Waals surface area contributed by atoms with Gasteiger partial charge in [-0.15, -0.1) is 0 Å². The van der Waals surface area contributed by atoms with E-state index in [1.165, 1.54) is 11.8 Å². The number of primary amides is 2. The van der Waals surface area contributed by atoms with Crippen LogP contribution in [-0.4, -0.2) is 88.5 Å². The SMILES string of the molecule is CSCCC(N)C(=O)NC(CO)C(=O)NC(CC(N)=O)C(=O)NC(CCC(N)=O)C(=O)O. The maximum Gasteiger partial charge on any atom is 0.326 e. The zero-order chi connectivity index (χ0) is 24.8. The van der Waals surface area contributed by atoms with E-state index in [1.807, 2.05) is 6.26 Å². The Balaban J connectivity index is 5.24. The Kier molecular flexibility index (Phi) is 13.6. The lowest BCUT2D eigenvalue weighted by molar-refractivity contribution is -0.142. The van der Waals surface area contributed by atoms with Crippen LogP contribution >= 0.6 is 11.8 Å². The van der Waals surface area contributed by atoms with Crippen molar-refractivity contribution in [3.05, 3.63) is 0 Å². The number of carboxylic acids is 1. The smallest absolute Gasteiger partial charge is 0.326 e. The molecule has 0 aromatic heterocycles. The molecule has 0 radical (unpaired) electrons. The highest BCUT2D eigenvalue weighted by Gasteiger charge is 2.31. The topological polar surface area (TPSA) is 257 Å². The molecule has 5 amide bonds. The van der Waals surface area contributed by atoms with Crippen LogP contribution < -0.4 is 33.2 Å². The highest BCUT2D eigenvalue weighted by molar-refractivity contribution is 7.98. The van der Waals surface area contributed by atoms with Crippen molar-refractivity contribution in [2.75, 3.05) is 18.6 Å². The van der Waals surface area contributed by atoms with Crippen LogP contribution in [0.1, 0.15) is 25.7 Å². The number of nitrogens with two attached hydrogens (primary N) is 3. The van der Waals surface area contributed by atoms with Crippen LogP contribution in [0.5, 0.6) is 0 Å². The first-order valence-corrected chi connectivity index (χ1v) is 10.9. The first kappa shape index (κ1) is 29.1. The fourth-order valence-electron chi connectivity index (χ4n) is 2.35. The Morgan fingerprint density at radius 1 is 0.844 bits per heavy atom. The van der Waals surface area contributed by atoms with Crippen LogP contribution in [0.25, 0.3) is 0 Å². The molecule has 0 aliphatic carbocycles. The number of hydrogen-bond acceptors (Lipinski definition) is 9. The van der Waals surface area contributed by atoms with Gasteiger partial charge in [-0.2, -0.15) is 11.8 Å². The highest BCUT2D eigenvalue weighted by atomic mass is 32.2. The molecule has 0 saturated carbocycles. The average Bonchev–Trinajstić information content (AvgIpc) is 2.71. The molecule has 0 aliphatic rings. The van der Waals surface area contributed by atoms with Gasteiger partial charge in [0.1, 0.15) is 18.1 Å². The molecule has 32 heavy (non-hydrogen) atoms. The Hall–Kier alpha value is -2.91. The fraction of sp³-hybridized carbons (Fsp3) is 0.647. The minimum absolute atomic E-state index is 0.321. The molecule has 0 saturated heterocycles. The van der Waals surface area contributed by atoms with Gasteiger partial charge in [-0.1, -0.05) is 0 Å². The van der Waals surface area contributed by atoms with Crippen LogP contribution in [0.3, 0.4) is 0 Å². The minimum atomic E-state index is -1.61. The molecule has 0 heterocycles. The number of aliphatic carboxylic acids is 1. The third-order valence-corrected chi connectivity index (χ3v) is 4.76. The summed E-state index contributed by atoms with van der Waals surface area (Å²) in [5.74, 6) is -5.46. The van der Waals surface area contributed by atoms with E-state index >= 15 is 0 Å². The number of thioether (sulfide) groups is 1. The van der Waals surface area contributed by atoms with E-state index in [-0.39, 0.29) is 12.8 Å². The lowest BCUT2D eigenvalue weighted by atomic mass is 10.1. The minimum Gasteiger partial charge on any atom is -0.480 e. The van der Waals surface area contributed by atoms with Crippen LogP contribution in [0.4, 0.5) is 0 Å². The van der Waals surface area contributed by atoms with Crippen LogP contribution in [0.15, 0.2) is 0 Å². The van der Waals surface area contributed by atoms with E-state index in [0.717, 1.165) is 0 Å². The number of aliphatic hydroxyl groups excluding tert-OH is 1. The molecule has 0 fully saturated rings. The second kappa shape index (κ2) is 15.0. The molecule has 14 nitrogen and oxygen atoms in total. The van der Waals surface area contributed by atoms with Crippen molar-refractivity contribution in [1.82, 2.24) is 16.0 Å². The molecule has 0 aromatic rings. The monoisotopic (exact) mass is 478 g/mol. The van der Waals surface area contributed by atoms with Gasteiger partial charge in [-0.3, -0.25) is 24.0 Å². The van der Waals surface area contributed by atoms with Crippen molar-refractivity contribution in [2.24, 2.45) is 17.2 Å². The number of nitrogens with one attached hydrogen (secondary N) is 3. The Bertz CT molecular complexity index is 707. The summed E-state index contributed by atoms with van der Waals surface area (Å²) < 4.78 is 0. The molecule has 0 spiro atoms. The van der Waals surface area contributed by atoms with E-state index in [1.54, 1.807) is 0 Å². The van der Waals surface area contributed by atoms with Crippen molar-refractivity contribution < 1.29 is 39.0 Å². The lowest BCUT2D eigenvalue weighted by Crippen LogP contribution is -2.58. The summed E-state index contributed by atoms with van der Waals surface area (Å²) >= 11 is 1.46. The Morgan fingerprint density at radius 2 is 1.38 bits per heavy atom. The van der Waals surface area contributed by atoms with Gasteiger partial charge in [0, 0.05) is 6.42 Å². The maximum absolute atomic E-state index is 12.4. The van der Waals surface area contributed by atoms with Gasteiger partial charge in [-0.25, -0.2) is 4.79 Å². The molecule has 11 N–H and O–H groups in total. The first-order chi connectivity index (χ1) is 14.9. The molecular weight excluding hydrogens is 448 g/mol. The second-order valence-electron chi connectivity index (χ2n) is 6.77. The van der Waals surface area contributed by atoms with Gasteiger partial charge in [0.15, 0.2) is 0 Å². The van der Waals surface area contributed by atoms with E-state index in [0.29, 0.717) is 12.2 Å². The van der Waals surface area contributed by atoms with Gasteiger partial charge in [0.2, 0.25) is 29.5 Å². The summed E-state index contributed by atoms with van der Waals surface area (Å²) in [6.07, 6.45) is 0.790. The number of carbonyl (C=O) groups is 6. The van der Waals surface area contributed by atoms with Crippen molar-refractivity contribution >= 4 is 47.3 Å². The summed E-state index contributed by atoms with van der Waals surface area (Å²) in [5.41, 5.74) is 15.8. The molecule has 0 aromatic carbocycles. The number of carbonyl (C=O) groups excluding carboxylic acids is 5. The number of aliphatic hydroxyl groups is 1. The standard InChI is InChI=1S/C17H30N6O8S/c1-32-5-4-8(18)14(27)23-11(7-24)16(29)22-10(6-13(20)26)15(28)21-9(17(30)31)2-3-12(19)25/h8-11,24H,2-7,18H2,1H3,(H2,19,25)(H2,20,26)(H,21,28)(H,22,29)(H,23,27)(H,30,31). The molecule has 0 aliphatic heterocycles. The van der Waals surface area contributed by atoms with Crippen LogP contribution in [0, 0.1) is 0 Å². The summed E-state index contributed by atoms with van der Waals surface area (Å²) in [6, 6.07) is -5.55. The molecule has 4 atom stereocenters. The van der Waals surface area contributed by atoms with Crippen molar-refractivity contribution in [3.63, 3.8) is 0 Å². The van der Waals surface area contributed by atoms with Crippen molar-refractivity contribution in [2.45, 2.75) is 49.9 Å². The maximum atomic E-state index is 12.4. The van der Waals surface area contributed by atoms with Crippen molar-refractivity contribution in [3.8, 4) is 0 Å². The van der Waals surface area contributed by atoms with Gasteiger partial charge in [0.25, 0.3) is 0 Å². The van der Waals surface area contributed by atoms with Crippen LogP contribution in [-0.2, 0) is 28.8 Å². The predicted molar refractivity (Wildman–Crippen MR) is 114 cm³/mol. The molecule has 0 bridgehead atoms. The molecule has 4 unspecified atom stereocenters. The predicted octanol–water partition coefficient (Wildman–Crippen LogP) is -4.26. The molecular formula is C17H30N6O8S. The zero-order valence-corrected chi connectivity index (χ0v) is 18.4. The van der Waals surface area contributed by atoms with Gasteiger partial charge in [-0.05, 0) is 24.9 Å². The van der Waals surface area contributed by atoms with Gasteiger partial charge in [0.05, 0.1) is 19.1 Å². The summed E-state index contributed by atoms with van der Waals surface area (Å²) in [5, 5.41) is 25.1. The first-order valence-electron chi connectivity index (χ1n) is 9.48. The van der Waals surface area contributed by atoms with E-state index in [9.17, 15) is 39.0 Å².